The molecule has 0 fully saturated rings. The van der Waals surface area contributed by atoms with E-state index < -0.39 is 6.10 Å². The first-order valence-electron chi connectivity index (χ1n) is 8.42. The first kappa shape index (κ1) is 16.3. The number of benzene rings is 1. The summed E-state index contributed by atoms with van der Waals surface area (Å²) in [6.45, 7) is 1.58. The second-order valence-corrected chi connectivity index (χ2v) is 6.30. The summed E-state index contributed by atoms with van der Waals surface area (Å²) in [7, 11) is 0. The number of hydrogen-bond donors (Lipinski definition) is 2. The smallest absolute Gasteiger partial charge is 0.255 e. The highest BCUT2D eigenvalue weighted by Crippen LogP contribution is 2.24. The number of nitrogen functional groups attached to an aromatic ring is 1. The average molecular weight is 349 g/mol. The van der Waals surface area contributed by atoms with Crippen LogP contribution in [0.4, 0.5) is 5.82 Å². The van der Waals surface area contributed by atoms with Gasteiger partial charge >= 0.3 is 0 Å². The summed E-state index contributed by atoms with van der Waals surface area (Å²) in [5, 5.41) is 15.0. The maximum absolute atomic E-state index is 12.6. The molecule has 7 nitrogen and oxygen atoms in total. The topological polar surface area (TPSA) is 97.3 Å². The van der Waals surface area contributed by atoms with Gasteiger partial charge in [-0.3, -0.25) is 9.48 Å². The molecule has 1 aliphatic rings. The van der Waals surface area contributed by atoms with Crippen LogP contribution in [-0.4, -0.2) is 37.2 Å². The van der Waals surface area contributed by atoms with Crippen LogP contribution in [0.25, 0.3) is 0 Å². The molecule has 1 atom stereocenters. The van der Waals surface area contributed by atoms with E-state index in [0.29, 0.717) is 36.7 Å². The number of hydrogen-bond acceptors (Lipinski definition) is 5. The number of nitrogens with two attached hydrogens (primary N) is 1. The zero-order valence-electron chi connectivity index (χ0n) is 14.1. The summed E-state index contributed by atoms with van der Waals surface area (Å²) >= 11 is 0. The highest BCUT2D eigenvalue weighted by Gasteiger charge is 2.25. The lowest BCUT2D eigenvalue weighted by Crippen LogP contribution is -2.38. The van der Waals surface area contributed by atoms with Crippen molar-refractivity contribution >= 4 is 11.7 Å². The summed E-state index contributed by atoms with van der Waals surface area (Å²) in [5.41, 5.74) is 8.38. The number of anilines is 1. The quantitative estimate of drug-likeness (QED) is 0.748. The van der Waals surface area contributed by atoms with Crippen LogP contribution in [0.5, 0.6) is 0 Å². The van der Waals surface area contributed by atoms with Gasteiger partial charge in [0.05, 0.1) is 30.0 Å². The molecule has 26 heavy (non-hydrogen) atoms. The summed E-state index contributed by atoms with van der Waals surface area (Å²) in [5.74, 6) is 0.299. The van der Waals surface area contributed by atoms with E-state index >= 15 is 0 Å². The Balaban J connectivity index is 1.53. The third-order valence-corrected chi connectivity index (χ3v) is 4.53. The molecule has 1 amide bonds. The summed E-state index contributed by atoms with van der Waals surface area (Å²) in [4.78, 5) is 18.4. The van der Waals surface area contributed by atoms with Crippen molar-refractivity contribution < 1.29 is 9.90 Å². The number of aliphatic hydroxyl groups excluding tert-OH is 1. The standard InChI is InChI=1S/C19H19N5O2/c20-17-7-6-14(11-21-17)19(26)23-8-9-24-15(12-23)10-16(22-24)18(25)13-4-2-1-3-5-13/h1-7,10-11,18,25H,8-9,12H2,(H2,20,21). The number of carbonyl (C=O) groups is 1. The minimum atomic E-state index is -0.778. The van der Waals surface area contributed by atoms with E-state index in [-0.39, 0.29) is 5.91 Å². The molecule has 7 heteroatoms. The van der Waals surface area contributed by atoms with Gasteiger partial charge in [-0.2, -0.15) is 5.10 Å². The van der Waals surface area contributed by atoms with E-state index in [4.69, 9.17) is 5.73 Å². The Morgan fingerprint density at radius 1 is 1.15 bits per heavy atom. The minimum absolute atomic E-state index is 0.0879. The predicted molar refractivity (Wildman–Crippen MR) is 96.1 cm³/mol. The molecule has 0 saturated carbocycles. The molecule has 0 radical (unpaired) electrons. The number of pyridine rings is 1. The monoisotopic (exact) mass is 349 g/mol. The molecule has 0 aliphatic carbocycles. The van der Waals surface area contributed by atoms with E-state index in [9.17, 15) is 9.90 Å². The Morgan fingerprint density at radius 2 is 1.96 bits per heavy atom. The number of aromatic nitrogens is 3. The number of carbonyl (C=O) groups excluding carboxylic acids is 1. The fraction of sp³-hybridized carbons (Fsp3) is 0.211. The van der Waals surface area contributed by atoms with Crippen molar-refractivity contribution in [2.75, 3.05) is 12.3 Å². The van der Waals surface area contributed by atoms with Gasteiger partial charge in [0.2, 0.25) is 0 Å². The van der Waals surface area contributed by atoms with Crippen LogP contribution in [0.3, 0.4) is 0 Å². The van der Waals surface area contributed by atoms with Crippen LogP contribution < -0.4 is 5.73 Å². The molecule has 2 aromatic heterocycles. The number of rotatable bonds is 3. The van der Waals surface area contributed by atoms with Crippen molar-refractivity contribution in [2.45, 2.75) is 19.2 Å². The summed E-state index contributed by atoms with van der Waals surface area (Å²) in [6.07, 6.45) is 0.716. The molecule has 132 valence electrons. The maximum atomic E-state index is 12.6. The lowest BCUT2D eigenvalue weighted by atomic mass is 10.1. The number of nitrogens with zero attached hydrogens (tertiary/aromatic N) is 4. The fourth-order valence-corrected chi connectivity index (χ4v) is 3.12. The SMILES string of the molecule is Nc1ccc(C(=O)N2CCn3nc(C(O)c4ccccc4)cc3C2)cn1. The van der Waals surface area contributed by atoms with Crippen LogP contribution >= 0.6 is 0 Å². The van der Waals surface area contributed by atoms with Crippen molar-refractivity contribution in [1.29, 1.82) is 0 Å². The van der Waals surface area contributed by atoms with E-state index in [0.717, 1.165) is 11.3 Å². The largest absolute Gasteiger partial charge is 0.384 e. The highest BCUT2D eigenvalue weighted by molar-refractivity contribution is 5.94. The van der Waals surface area contributed by atoms with Crippen LogP contribution in [0.1, 0.15) is 33.4 Å². The molecule has 0 spiro atoms. The second-order valence-electron chi connectivity index (χ2n) is 6.30. The van der Waals surface area contributed by atoms with Crippen molar-refractivity contribution in [3.8, 4) is 0 Å². The van der Waals surface area contributed by atoms with Crippen molar-refractivity contribution in [2.24, 2.45) is 0 Å². The van der Waals surface area contributed by atoms with Crippen molar-refractivity contribution in [1.82, 2.24) is 19.7 Å². The molecule has 0 bridgehead atoms. The average Bonchev–Trinajstić information content (AvgIpc) is 3.11. The zero-order chi connectivity index (χ0) is 18.1. The van der Waals surface area contributed by atoms with Gasteiger partial charge in [0.25, 0.3) is 5.91 Å². The van der Waals surface area contributed by atoms with E-state index in [1.807, 2.05) is 41.1 Å². The van der Waals surface area contributed by atoms with Crippen LogP contribution in [-0.2, 0) is 13.1 Å². The van der Waals surface area contributed by atoms with Crippen LogP contribution in [0, 0.1) is 0 Å². The van der Waals surface area contributed by atoms with Gasteiger partial charge in [0.1, 0.15) is 11.9 Å². The van der Waals surface area contributed by atoms with Gasteiger partial charge in [0.15, 0.2) is 0 Å². The van der Waals surface area contributed by atoms with Crippen LogP contribution in [0.15, 0.2) is 54.7 Å². The Morgan fingerprint density at radius 3 is 2.69 bits per heavy atom. The third-order valence-electron chi connectivity index (χ3n) is 4.53. The third kappa shape index (κ3) is 3.04. The molecule has 3 aromatic rings. The fourth-order valence-electron chi connectivity index (χ4n) is 3.12. The number of aliphatic hydroxyl groups is 1. The molecule has 4 rings (SSSR count). The summed E-state index contributed by atoms with van der Waals surface area (Å²) < 4.78 is 1.85. The first-order chi connectivity index (χ1) is 12.6. The zero-order valence-corrected chi connectivity index (χ0v) is 14.1. The molecule has 1 aromatic carbocycles. The molecule has 3 heterocycles. The Kier molecular flexibility index (Phi) is 4.14. The van der Waals surface area contributed by atoms with Crippen molar-refractivity contribution in [3.05, 3.63) is 77.2 Å². The molecular formula is C19H19N5O2. The molecule has 1 aliphatic heterocycles. The number of fused-ring (bicyclic) bond motifs is 1. The first-order valence-corrected chi connectivity index (χ1v) is 8.42. The van der Waals surface area contributed by atoms with Gasteiger partial charge < -0.3 is 15.7 Å². The highest BCUT2D eigenvalue weighted by atomic mass is 16.3. The molecule has 0 saturated heterocycles. The summed E-state index contributed by atoms with van der Waals surface area (Å²) in [6, 6.07) is 14.6. The normalized spacial score (nSPS) is 14.7. The van der Waals surface area contributed by atoms with E-state index in [2.05, 4.69) is 10.1 Å². The lowest BCUT2D eigenvalue weighted by Gasteiger charge is -2.27. The predicted octanol–water partition coefficient (Wildman–Crippen LogP) is 1.60. The van der Waals surface area contributed by atoms with Crippen molar-refractivity contribution in [3.63, 3.8) is 0 Å². The van der Waals surface area contributed by atoms with Crippen LogP contribution in [0.2, 0.25) is 0 Å². The Labute approximate surface area is 150 Å². The van der Waals surface area contributed by atoms with E-state index in [1.165, 1.54) is 6.20 Å². The molecule has 1 unspecified atom stereocenters. The molecule has 3 N–H and O–H groups in total. The van der Waals surface area contributed by atoms with Gasteiger partial charge in [-0.25, -0.2) is 4.98 Å². The van der Waals surface area contributed by atoms with Gasteiger partial charge in [0, 0.05) is 12.7 Å². The second kappa shape index (κ2) is 6.61. The van der Waals surface area contributed by atoms with Gasteiger partial charge in [-0.1, -0.05) is 30.3 Å². The molecular weight excluding hydrogens is 330 g/mol. The Hall–Kier alpha value is -3.19. The lowest BCUT2D eigenvalue weighted by molar-refractivity contribution is 0.0705. The Bertz CT molecular complexity index is 921. The maximum Gasteiger partial charge on any atom is 0.255 e. The minimum Gasteiger partial charge on any atom is -0.384 e. The van der Waals surface area contributed by atoms with E-state index in [1.54, 1.807) is 17.0 Å². The van der Waals surface area contributed by atoms with Gasteiger partial charge in [-0.15, -0.1) is 0 Å². The van der Waals surface area contributed by atoms with Gasteiger partial charge in [-0.05, 0) is 23.8 Å². The number of amides is 1.